The SMILES string of the molecule is Cc1ccc(N2C(=O)[C@H]3[C@@H]([C@@H]4C(=O)N(C5CCCCC5)[C@@H]4c4ccc(Cl)cc4)C=CC[C@H]3C2=O)cc1. The van der Waals surface area contributed by atoms with Crippen LogP contribution in [0.5, 0.6) is 0 Å². The number of aryl methyl sites for hydroxylation is 1. The van der Waals surface area contributed by atoms with Crippen molar-refractivity contribution in [3.63, 3.8) is 0 Å². The van der Waals surface area contributed by atoms with E-state index in [0.717, 1.165) is 36.8 Å². The highest BCUT2D eigenvalue weighted by Gasteiger charge is 2.60. The molecule has 0 aromatic heterocycles. The molecule has 3 fully saturated rings. The fraction of sp³-hybridized carbons (Fsp3) is 0.433. The molecular weight excluding hydrogens is 472 g/mol. The van der Waals surface area contributed by atoms with E-state index in [1.54, 1.807) is 0 Å². The highest BCUT2D eigenvalue weighted by atomic mass is 35.5. The molecule has 6 rings (SSSR count). The first kappa shape index (κ1) is 23.5. The summed E-state index contributed by atoms with van der Waals surface area (Å²) in [4.78, 5) is 44.5. The van der Waals surface area contributed by atoms with Crippen molar-refractivity contribution in [3.8, 4) is 0 Å². The number of allylic oxidation sites excluding steroid dienone is 2. The maximum atomic E-state index is 13.8. The number of hydrogen-bond acceptors (Lipinski definition) is 3. The zero-order valence-corrected chi connectivity index (χ0v) is 21.2. The van der Waals surface area contributed by atoms with Gasteiger partial charge < -0.3 is 4.90 Å². The second-order valence-corrected chi connectivity index (χ2v) is 11.2. The number of amides is 3. The minimum absolute atomic E-state index is 0.109. The van der Waals surface area contributed by atoms with Crippen molar-refractivity contribution in [1.82, 2.24) is 4.90 Å². The molecule has 36 heavy (non-hydrogen) atoms. The number of carbonyl (C=O) groups excluding carboxylic acids is 3. The summed E-state index contributed by atoms with van der Waals surface area (Å²) in [6.45, 7) is 1.98. The van der Waals surface area contributed by atoms with E-state index in [1.807, 2.05) is 67.6 Å². The molecular formula is C30H31ClN2O3. The van der Waals surface area contributed by atoms with Gasteiger partial charge in [0.05, 0.1) is 29.5 Å². The van der Waals surface area contributed by atoms with Crippen molar-refractivity contribution in [1.29, 1.82) is 0 Å². The Bertz CT molecular complexity index is 1220. The second-order valence-electron chi connectivity index (χ2n) is 10.8. The average molecular weight is 503 g/mol. The minimum Gasteiger partial charge on any atom is -0.332 e. The summed E-state index contributed by atoms with van der Waals surface area (Å²) in [5.41, 5.74) is 2.74. The number of halogens is 1. The number of carbonyl (C=O) groups is 3. The Morgan fingerprint density at radius 2 is 1.50 bits per heavy atom. The van der Waals surface area contributed by atoms with Crippen LogP contribution < -0.4 is 4.90 Å². The van der Waals surface area contributed by atoms with Crippen LogP contribution in [0.1, 0.15) is 55.7 Å². The van der Waals surface area contributed by atoms with Crippen LogP contribution >= 0.6 is 11.6 Å². The summed E-state index contributed by atoms with van der Waals surface area (Å²) in [5.74, 6) is -1.80. The van der Waals surface area contributed by atoms with Crippen LogP contribution in [0.4, 0.5) is 5.69 Å². The molecule has 186 valence electrons. The number of imide groups is 1. The molecule has 3 amide bonds. The smallest absolute Gasteiger partial charge is 0.238 e. The predicted octanol–water partition coefficient (Wildman–Crippen LogP) is 5.86. The van der Waals surface area contributed by atoms with E-state index in [-0.39, 0.29) is 41.6 Å². The Labute approximate surface area is 217 Å². The van der Waals surface area contributed by atoms with Crippen LogP contribution in [-0.4, -0.2) is 28.7 Å². The van der Waals surface area contributed by atoms with Crippen molar-refractivity contribution in [2.75, 3.05) is 4.90 Å². The van der Waals surface area contributed by atoms with Gasteiger partial charge in [0.2, 0.25) is 17.7 Å². The van der Waals surface area contributed by atoms with E-state index in [2.05, 4.69) is 4.90 Å². The van der Waals surface area contributed by atoms with Crippen LogP contribution in [0.25, 0.3) is 0 Å². The zero-order chi connectivity index (χ0) is 25.0. The Hall–Kier alpha value is -2.92. The van der Waals surface area contributed by atoms with Gasteiger partial charge in [-0.1, -0.05) is 72.8 Å². The van der Waals surface area contributed by atoms with Crippen molar-refractivity contribution in [3.05, 3.63) is 76.8 Å². The lowest BCUT2D eigenvalue weighted by molar-refractivity contribution is -0.169. The van der Waals surface area contributed by atoms with Gasteiger partial charge in [-0.15, -0.1) is 0 Å². The molecule has 0 bridgehead atoms. The van der Waals surface area contributed by atoms with Gasteiger partial charge in [0, 0.05) is 17.0 Å². The largest absolute Gasteiger partial charge is 0.332 e. The van der Waals surface area contributed by atoms with E-state index in [0.29, 0.717) is 17.1 Å². The fourth-order valence-corrected chi connectivity index (χ4v) is 7.05. The van der Waals surface area contributed by atoms with E-state index >= 15 is 0 Å². The normalized spacial score (nSPS) is 30.5. The number of likely N-dealkylation sites (tertiary alicyclic amines) is 1. The second kappa shape index (κ2) is 9.19. The maximum Gasteiger partial charge on any atom is 0.238 e. The van der Waals surface area contributed by atoms with Crippen molar-refractivity contribution in [2.45, 2.75) is 57.5 Å². The Morgan fingerprint density at radius 1 is 0.806 bits per heavy atom. The Balaban J connectivity index is 1.35. The maximum absolute atomic E-state index is 13.8. The number of β-lactam (4-membered cyclic amide) rings is 1. The standard InChI is InChI=1S/C30H31ClN2O3/c1-18-10-16-22(17-11-18)33-28(34)24-9-5-8-23(25(24)29(33)35)26-27(19-12-14-20(31)15-13-19)32(30(26)36)21-6-3-2-4-7-21/h5,8,10-17,21,23-27H,2-4,6-7,9H2,1H3/t23-,24+,25-,26-,27+/m0/s1. The first-order valence-electron chi connectivity index (χ1n) is 13.1. The molecule has 5 atom stereocenters. The average Bonchev–Trinajstić information content (AvgIpc) is 3.15. The molecule has 2 saturated heterocycles. The van der Waals surface area contributed by atoms with Gasteiger partial charge in [0.15, 0.2) is 0 Å². The molecule has 2 aliphatic heterocycles. The van der Waals surface area contributed by atoms with Gasteiger partial charge in [-0.2, -0.15) is 0 Å². The number of fused-ring (bicyclic) bond motifs is 1. The molecule has 2 aromatic rings. The van der Waals surface area contributed by atoms with Crippen molar-refractivity contribution >= 4 is 35.0 Å². The molecule has 0 spiro atoms. The first-order valence-corrected chi connectivity index (χ1v) is 13.5. The summed E-state index contributed by atoms with van der Waals surface area (Å²) >= 11 is 6.19. The van der Waals surface area contributed by atoms with Gasteiger partial charge in [-0.05, 0) is 56.0 Å². The number of anilines is 1. The lowest BCUT2D eigenvalue weighted by Gasteiger charge is -2.55. The molecule has 2 heterocycles. The fourth-order valence-electron chi connectivity index (χ4n) is 6.93. The van der Waals surface area contributed by atoms with Gasteiger partial charge in [0.1, 0.15) is 0 Å². The summed E-state index contributed by atoms with van der Waals surface area (Å²) < 4.78 is 0. The summed E-state index contributed by atoms with van der Waals surface area (Å²) in [5, 5.41) is 0.660. The third kappa shape index (κ3) is 3.71. The number of rotatable bonds is 4. The lowest BCUT2D eigenvalue weighted by atomic mass is 9.64. The molecule has 6 heteroatoms. The summed E-state index contributed by atoms with van der Waals surface area (Å²) in [6.07, 6.45) is 10.1. The monoisotopic (exact) mass is 502 g/mol. The van der Waals surface area contributed by atoms with Crippen LogP contribution in [0, 0.1) is 30.6 Å². The highest BCUT2D eigenvalue weighted by molar-refractivity contribution is 6.30. The number of hydrogen-bond donors (Lipinski definition) is 0. The van der Waals surface area contributed by atoms with E-state index in [9.17, 15) is 14.4 Å². The zero-order valence-electron chi connectivity index (χ0n) is 20.5. The minimum atomic E-state index is -0.513. The van der Waals surface area contributed by atoms with Crippen molar-refractivity contribution < 1.29 is 14.4 Å². The molecule has 2 aromatic carbocycles. The molecule has 2 aliphatic carbocycles. The molecule has 4 aliphatic rings. The van der Waals surface area contributed by atoms with Gasteiger partial charge in [0.25, 0.3) is 0 Å². The predicted molar refractivity (Wildman–Crippen MR) is 139 cm³/mol. The quantitative estimate of drug-likeness (QED) is 0.299. The topological polar surface area (TPSA) is 57.7 Å². The lowest BCUT2D eigenvalue weighted by Crippen LogP contribution is -2.62. The van der Waals surface area contributed by atoms with Crippen LogP contribution in [0.3, 0.4) is 0 Å². The van der Waals surface area contributed by atoms with Crippen LogP contribution in [0.15, 0.2) is 60.7 Å². The number of nitrogens with zero attached hydrogens (tertiary/aromatic N) is 2. The van der Waals surface area contributed by atoms with Crippen molar-refractivity contribution in [2.24, 2.45) is 23.7 Å². The molecule has 5 nitrogen and oxygen atoms in total. The van der Waals surface area contributed by atoms with Gasteiger partial charge in [-0.25, -0.2) is 0 Å². The Kier molecular flexibility index (Phi) is 5.99. The van der Waals surface area contributed by atoms with E-state index in [1.165, 1.54) is 11.3 Å². The van der Waals surface area contributed by atoms with E-state index < -0.39 is 11.8 Å². The van der Waals surface area contributed by atoms with Crippen LogP contribution in [0.2, 0.25) is 5.02 Å². The summed E-state index contributed by atoms with van der Waals surface area (Å²) in [7, 11) is 0. The molecule has 0 unspecified atom stereocenters. The van der Waals surface area contributed by atoms with Gasteiger partial charge >= 0.3 is 0 Å². The molecule has 0 N–H and O–H groups in total. The van der Waals surface area contributed by atoms with Gasteiger partial charge in [-0.3, -0.25) is 19.3 Å². The Morgan fingerprint density at radius 3 is 2.19 bits per heavy atom. The molecule has 1 saturated carbocycles. The van der Waals surface area contributed by atoms with Crippen LogP contribution in [-0.2, 0) is 14.4 Å². The van der Waals surface area contributed by atoms with E-state index in [4.69, 9.17) is 11.6 Å². The highest BCUT2D eigenvalue weighted by Crippen LogP contribution is 2.53. The number of benzene rings is 2. The third-order valence-electron chi connectivity index (χ3n) is 8.71. The molecule has 0 radical (unpaired) electrons. The first-order chi connectivity index (χ1) is 17.5. The third-order valence-corrected chi connectivity index (χ3v) is 8.96. The summed E-state index contributed by atoms with van der Waals surface area (Å²) in [6, 6.07) is 15.4.